The van der Waals surface area contributed by atoms with Gasteiger partial charge in [0.2, 0.25) is 0 Å². The molecule has 2 fully saturated rings. The van der Waals surface area contributed by atoms with Crippen molar-refractivity contribution in [2.75, 3.05) is 0 Å². The van der Waals surface area contributed by atoms with E-state index in [1.54, 1.807) is 12.1 Å². The topological polar surface area (TPSA) is 0 Å². The summed E-state index contributed by atoms with van der Waals surface area (Å²) in [6.07, 6.45) is 8.00. The minimum absolute atomic E-state index is 0.436. The summed E-state index contributed by atoms with van der Waals surface area (Å²) in [7, 11) is 0. The molecule has 0 aliphatic heterocycles. The van der Waals surface area contributed by atoms with Crippen molar-refractivity contribution in [1.82, 2.24) is 0 Å². The van der Waals surface area contributed by atoms with Gasteiger partial charge in [-0.1, -0.05) is 34.1 Å². The first kappa shape index (κ1) is 19.0. The third-order valence-electron chi connectivity index (χ3n) is 6.31. The number of alkyl halides is 3. The van der Waals surface area contributed by atoms with Crippen LogP contribution in [0.1, 0.15) is 68.4 Å². The van der Waals surface area contributed by atoms with E-state index in [0.29, 0.717) is 5.92 Å². The van der Waals surface area contributed by atoms with Crippen LogP contribution in [0, 0.1) is 17.8 Å². The van der Waals surface area contributed by atoms with E-state index in [-0.39, 0.29) is 0 Å². The summed E-state index contributed by atoms with van der Waals surface area (Å²) in [5.74, 6) is 2.85. The van der Waals surface area contributed by atoms with E-state index in [4.69, 9.17) is 0 Å². The first-order valence-electron chi connectivity index (χ1n) is 9.41. The van der Waals surface area contributed by atoms with E-state index < -0.39 is 11.7 Å². The van der Waals surface area contributed by atoms with Gasteiger partial charge in [-0.3, -0.25) is 0 Å². The predicted molar refractivity (Wildman–Crippen MR) is 99.7 cm³/mol. The fourth-order valence-electron chi connectivity index (χ4n) is 4.78. The van der Waals surface area contributed by atoms with E-state index in [0.717, 1.165) is 36.2 Å². The SMILES string of the molecule is FC(F)(F)c1ccc(C2CCC([C@H]3CC[C@H](/C=C/Br)CC3)CC2)cc1. The van der Waals surface area contributed by atoms with Crippen LogP contribution in [-0.2, 0) is 6.18 Å². The first-order chi connectivity index (χ1) is 12.0. The molecule has 3 rings (SSSR count). The molecular formula is C21H26BrF3. The van der Waals surface area contributed by atoms with Crippen LogP contribution in [0.3, 0.4) is 0 Å². The Morgan fingerprint density at radius 3 is 1.80 bits per heavy atom. The highest BCUT2D eigenvalue weighted by atomic mass is 79.9. The third kappa shape index (κ3) is 4.90. The zero-order chi connectivity index (χ0) is 17.9. The molecule has 0 aromatic heterocycles. The van der Waals surface area contributed by atoms with Crippen molar-refractivity contribution in [3.63, 3.8) is 0 Å². The molecule has 2 saturated carbocycles. The molecule has 138 valence electrons. The Kier molecular flexibility index (Phi) is 6.30. The zero-order valence-corrected chi connectivity index (χ0v) is 16.0. The molecule has 25 heavy (non-hydrogen) atoms. The van der Waals surface area contributed by atoms with Gasteiger partial charge in [0, 0.05) is 0 Å². The highest BCUT2D eigenvalue weighted by Crippen LogP contribution is 2.44. The van der Waals surface area contributed by atoms with E-state index >= 15 is 0 Å². The van der Waals surface area contributed by atoms with Crippen molar-refractivity contribution >= 4 is 15.9 Å². The largest absolute Gasteiger partial charge is 0.416 e. The Morgan fingerprint density at radius 1 is 0.800 bits per heavy atom. The summed E-state index contributed by atoms with van der Waals surface area (Å²) < 4.78 is 38.1. The van der Waals surface area contributed by atoms with Gasteiger partial charge in [-0.2, -0.15) is 13.2 Å². The van der Waals surface area contributed by atoms with E-state index in [9.17, 15) is 13.2 Å². The minimum Gasteiger partial charge on any atom is -0.166 e. The average molecular weight is 415 g/mol. The predicted octanol–water partition coefficient (Wildman–Crippen LogP) is 7.69. The molecule has 4 heteroatoms. The van der Waals surface area contributed by atoms with Crippen LogP contribution in [0.4, 0.5) is 13.2 Å². The third-order valence-corrected chi connectivity index (χ3v) is 6.61. The summed E-state index contributed by atoms with van der Waals surface area (Å²) >= 11 is 3.38. The highest BCUT2D eigenvalue weighted by Gasteiger charge is 2.32. The van der Waals surface area contributed by atoms with Gasteiger partial charge in [-0.05, 0) is 97.7 Å². The maximum atomic E-state index is 12.7. The van der Waals surface area contributed by atoms with Crippen molar-refractivity contribution in [2.24, 2.45) is 17.8 Å². The molecule has 0 radical (unpaired) electrons. The standard InChI is InChI=1S/C21H26BrF3/c22-14-13-15-1-3-16(4-2-15)17-5-7-18(8-6-17)19-9-11-20(12-10-19)21(23,24)25/h9-18H,1-8H2/b14-13+/t15-,16-,17?,18?. The molecule has 0 bridgehead atoms. The van der Waals surface area contributed by atoms with Gasteiger partial charge < -0.3 is 0 Å². The smallest absolute Gasteiger partial charge is 0.166 e. The summed E-state index contributed by atoms with van der Waals surface area (Å²) in [4.78, 5) is 1.99. The second kappa shape index (κ2) is 8.28. The minimum atomic E-state index is -4.24. The maximum Gasteiger partial charge on any atom is 0.416 e. The molecular weight excluding hydrogens is 389 g/mol. The Hall–Kier alpha value is -0.770. The van der Waals surface area contributed by atoms with Crippen LogP contribution in [0.15, 0.2) is 35.3 Å². The van der Waals surface area contributed by atoms with Gasteiger partial charge in [-0.15, -0.1) is 0 Å². The number of hydrogen-bond acceptors (Lipinski definition) is 0. The molecule has 2 aliphatic carbocycles. The molecule has 0 nitrogen and oxygen atoms in total. The molecule has 0 atom stereocenters. The quantitative estimate of drug-likeness (QED) is 0.475. The lowest BCUT2D eigenvalue weighted by atomic mass is 9.68. The molecule has 0 heterocycles. The van der Waals surface area contributed by atoms with Gasteiger partial charge in [0.25, 0.3) is 0 Å². The summed E-state index contributed by atoms with van der Waals surface area (Å²) in [6, 6.07) is 5.84. The average Bonchev–Trinajstić information content (AvgIpc) is 2.62. The van der Waals surface area contributed by atoms with Gasteiger partial charge in [0.1, 0.15) is 0 Å². The van der Waals surface area contributed by atoms with Gasteiger partial charge in [0.15, 0.2) is 0 Å². The Labute approximate surface area is 157 Å². The number of hydrogen-bond donors (Lipinski definition) is 0. The van der Waals surface area contributed by atoms with Crippen molar-refractivity contribution in [3.05, 3.63) is 46.5 Å². The maximum absolute atomic E-state index is 12.7. The van der Waals surface area contributed by atoms with Gasteiger partial charge in [-0.25, -0.2) is 0 Å². The van der Waals surface area contributed by atoms with E-state index in [1.807, 2.05) is 4.99 Å². The van der Waals surface area contributed by atoms with Gasteiger partial charge in [0.05, 0.1) is 5.56 Å². The van der Waals surface area contributed by atoms with Crippen LogP contribution < -0.4 is 0 Å². The lowest BCUT2D eigenvalue weighted by Crippen LogP contribution is -2.25. The zero-order valence-electron chi connectivity index (χ0n) is 14.4. The second-order valence-corrected chi connectivity index (χ2v) is 8.25. The van der Waals surface area contributed by atoms with Gasteiger partial charge >= 0.3 is 6.18 Å². The molecule has 0 amide bonds. The van der Waals surface area contributed by atoms with Crippen molar-refractivity contribution < 1.29 is 13.2 Å². The molecule has 0 spiro atoms. The summed E-state index contributed by atoms with van der Waals surface area (Å²) in [5, 5.41) is 0. The van der Waals surface area contributed by atoms with Crippen LogP contribution in [-0.4, -0.2) is 0 Å². The summed E-state index contributed by atoms with van der Waals surface area (Å²) in [6.45, 7) is 0. The number of halogens is 4. The van der Waals surface area contributed by atoms with Crippen molar-refractivity contribution in [1.29, 1.82) is 0 Å². The van der Waals surface area contributed by atoms with Crippen LogP contribution in [0.25, 0.3) is 0 Å². The Balaban J connectivity index is 1.50. The lowest BCUT2D eigenvalue weighted by Gasteiger charge is -2.37. The lowest BCUT2D eigenvalue weighted by molar-refractivity contribution is -0.137. The monoisotopic (exact) mass is 414 g/mol. The molecule has 0 N–H and O–H groups in total. The fourth-order valence-corrected chi connectivity index (χ4v) is 5.21. The normalized spacial score (nSPS) is 31.4. The van der Waals surface area contributed by atoms with Crippen molar-refractivity contribution in [3.8, 4) is 0 Å². The Bertz CT molecular complexity index is 560. The van der Waals surface area contributed by atoms with Crippen LogP contribution in [0.5, 0.6) is 0 Å². The highest BCUT2D eigenvalue weighted by molar-refractivity contribution is 9.11. The number of benzene rings is 1. The van der Waals surface area contributed by atoms with E-state index in [2.05, 4.69) is 22.0 Å². The first-order valence-corrected chi connectivity index (χ1v) is 10.3. The Morgan fingerprint density at radius 2 is 1.32 bits per heavy atom. The molecule has 1 aromatic carbocycles. The van der Waals surface area contributed by atoms with Crippen molar-refractivity contribution in [2.45, 2.75) is 63.5 Å². The number of allylic oxidation sites excluding steroid dienone is 1. The molecule has 0 saturated heterocycles. The van der Waals surface area contributed by atoms with Crippen LogP contribution in [0.2, 0.25) is 0 Å². The number of rotatable bonds is 3. The van der Waals surface area contributed by atoms with Crippen LogP contribution >= 0.6 is 15.9 Å². The molecule has 0 unspecified atom stereocenters. The molecule has 1 aromatic rings. The molecule has 2 aliphatic rings. The van der Waals surface area contributed by atoms with E-state index in [1.165, 1.54) is 50.7 Å². The fraction of sp³-hybridized carbons (Fsp3) is 0.619. The summed E-state index contributed by atoms with van der Waals surface area (Å²) in [5.41, 5.74) is 0.539. The second-order valence-electron chi connectivity index (χ2n) is 7.72.